The Morgan fingerprint density at radius 3 is 2.09 bits per heavy atom. The van der Waals surface area contributed by atoms with Gasteiger partial charge in [-0.05, 0) is 86.2 Å². The van der Waals surface area contributed by atoms with Crippen LogP contribution in [-0.2, 0) is 20.7 Å². The third-order valence-electron chi connectivity index (χ3n) is 7.41. The fraction of sp³-hybridized carbons (Fsp3) is 0.324. The molecule has 2 N–H and O–H groups in total. The summed E-state index contributed by atoms with van der Waals surface area (Å²) in [6, 6.07) is 27.2. The van der Waals surface area contributed by atoms with E-state index in [0.29, 0.717) is 18.7 Å². The summed E-state index contributed by atoms with van der Waals surface area (Å²) in [5, 5.41) is 7.98. The molecule has 230 valence electrons. The van der Waals surface area contributed by atoms with Crippen molar-refractivity contribution >= 4 is 34.4 Å². The van der Waals surface area contributed by atoms with Gasteiger partial charge in [0.25, 0.3) is 5.91 Å². The molecule has 0 fully saturated rings. The van der Waals surface area contributed by atoms with E-state index in [-0.39, 0.29) is 18.2 Å². The lowest BCUT2D eigenvalue weighted by molar-refractivity contribution is -0.140. The molecular formula is C37H43N3O4. The molecule has 0 spiro atoms. The van der Waals surface area contributed by atoms with Crippen molar-refractivity contribution < 1.29 is 19.1 Å². The average molecular weight is 594 g/mol. The number of hydrogen-bond acceptors (Lipinski definition) is 4. The number of rotatable bonds is 10. The monoisotopic (exact) mass is 593 g/mol. The first kappa shape index (κ1) is 32.3. The molecule has 0 aliphatic carbocycles. The number of carbonyl (C=O) groups excluding carboxylic acids is 3. The van der Waals surface area contributed by atoms with Crippen LogP contribution in [0.1, 0.15) is 62.4 Å². The second kappa shape index (κ2) is 14.2. The standard InChI is InChI=1S/C37H43N3O4/c1-7-22-40(35(42)31(23-27-16-9-8-10-17-27)39-36(43)44-37(4,5)6)33(32-25(2)14-13-15-26(32)3)34(41)38-30-21-20-28-18-11-12-19-29(28)24-30/h8-21,24,31,33H,7,22-23H2,1-6H3,(H,38,41)(H,39,43). The van der Waals surface area contributed by atoms with Gasteiger partial charge in [-0.2, -0.15) is 0 Å². The summed E-state index contributed by atoms with van der Waals surface area (Å²) >= 11 is 0. The lowest BCUT2D eigenvalue weighted by Gasteiger charge is -2.35. The number of ether oxygens (including phenoxy) is 1. The molecule has 0 saturated heterocycles. The van der Waals surface area contributed by atoms with E-state index < -0.39 is 23.8 Å². The molecule has 0 aromatic heterocycles. The second-order valence-electron chi connectivity index (χ2n) is 12.2. The normalized spacial score (nSPS) is 12.7. The molecule has 0 heterocycles. The van der Waals surface area contributed by atoms with Crippen LogP contribution in [0.3, 0.4) is 0 Å². The van der Waals surface area contributed by atoms with Gasteiger partial charge in [-0.15, -0.1) is 0 Å². The van der Waals surface area contributed by atoms with Gasteiger partial charge in [-0.1, -0.05) is 85.8 Å². The summed E-state index contributed by atoms with van der Waals surface area (Å²) in [5.74, 6) is -0.682. The Kier molecular flexibility index (Phi) is 10.4. The highest BCUT2D eigenvalue weighted by molar-refractivity contribution is 6.00. The summed E-state index contributed by atoms with van der Waals surface area (Å²) in [7, 11) is 0. The van der Waals surface area contributed by atoms with Crippen molar-refractivity contribution in [2.24, 2.45) is 0 Å². The molecular weight excluding hydrogens is 550 g/mol. The highest BCUT2D eigenvalue weighted by Gasteiger charge is 2.37. The van der Waals surface area contributed by atoms with Crippen molar-refractivity contribution in [1.82, 2.24) is 10.2 Å². The Hall–Kier alpha value is -4.65. The number of aryl methyl sites for hydroxylation is 2. The van der Waals surface area contributed by atoms with Gasteiger partial charge < -0.3 is 20.3 Å². The van der Waals surface area contributed by atoms with Gasteiger partial charge >= 0.3 is 6.09 Å². The van der Waals surface area contributed by atoms with Gasteiger partial charge in [0.15, 0.2) is 0 Å². The molecule has 44 heavy (non-hydrogen) atoms. The molecule has 0 radical (unpaired) electrons. The lowest BCUT2D eigenvalue weighted by Crippen LogP contribution is -2.53. The number of nitrogens with zero attached hydrogens (tertiary/aromatic N) is 1. The fourth-order valence-electron chi connectivity index (χ4n) is 5.47. The summed E-state index contributed by atoms with van der Waals surface area (Å²) in [6.07, 6.45) is 0.165. The SMILES string of the molecule is CCCN(C(=O)C(Cc1ccccc1)NC(=O)OC(C)(C)C)C(C(=O)Nc1ccc2ccccc2c1)c1c(C)cccc1C. The number of benzene rings is 4. The predicted molar refractivity (Wildman–Crippen MR) is 177 cm³/mol. The maximum Gasteiger partial charge on any atom is 0.408 e. The summed E-state index contributed by atoms with van der Waals surface area (Å²) in [4.78, 5) is 43.5. The van der Waals surface area contributed by atoms with Gasteiger partial charge in [0.2, 0.25) is 5.91 Å². The number of anilines is 1. The largest absolute Gasteiger partial charge is 0.444 e. The van der Waals surface area contributed by atoms with E-state index in [2.05, 4.69) is 10.6 Å². The molecule has 7 nitrogen and oxygen atoms in total. The van der Waals surface area contributed by atoms with E-state index in [4.69, 9.17) is 4.74 Å². The zero-order chi connectivity index (χ0) is 31.9. The Morgan fingerprint density at radius 2 is 1.45 bits per heavy atom. The Morgan fingerprint density at radius 1 is 0.818 bits per heavy atom. The minimum Gasteiger partial charge on any atom is -0.444 e. The molecule has 7 heteroatoms. The summed E-state index contributed by atoms with van der Waals surface area (Å²) < 4.78 is 5.54. The lowest BCUT2D eigenvalue weighted by atomic mass is 9.93. The van der Waals surface area contributed by atoms with Crippen LogP contribution < -0.4 is 10.6 Å². The zero-order valence-corrected chi connectivity index (χ0v) is 26.5. The van der Waals surface area contributed by atoms with Gasteiger partial charge in [0.05, 0.1) is 0 Å². The first-order chi connectivity index (χ1) is 21.0. The maximum absolute atomic E-state index is 14.6. The number of alkyl carbamates (subject to hydrolysis) is 1. The quantitative estimate of drug-likeness (QED) is 0.199. The van der Waals surface area contributed by atoms with Crippen molar-refractivity contribution in [1.29, 1.82) is 0 Å². The van der Waals surface area contributed by atoms with Crippen molar-refractivity contribution in [2.75, 3.05) is 11.9 Å². The van der Waals surface area contributed by atoms with Crippen molar-refractivity contribution in [3.05, 3.63) is 113 Å². The van der Waals surface area contributed by atoms with Gasteiger partial charge in [-0.3, -0.25) is 9.59 Å². The molecule has 0 aliphatic heterocycles. The third kappa shape index (κ3) is 8.25. The molecule has 0 saturated carbocycles. The molecule has 4 aromatic carbocycles. The van der Waals surface area contributed by atoms with Crippen LogP contribution in [0.5, 0.6) is 0 Å². The topological polar surface area (TPSA) is 87.7 Å². The predicted octanol–water partition coefficient (Wildman–Crippen LogP) is 7.51. The van der Waals surface area contributed by atoms with Crippen LogP contribution in [0.4, 0.5) is 10.5 Å². The molecule has 0 aliphatic rings. The molecule has 2 atom stereocenters. The number of nitrogens with one attached hydrogen (secondary N) is 2. The van der Waals surface area contributed by atoms with Crippen LogP contribution in [0, 0.1) is 13.8 Å². The molecule has 3 amide bonds. The third-order valence-corrected chi connectivity index (χ3v) is 7.41. The number of hydrogen-bond donors (Lipinski definition) is 2. The highest BCUT2D eigenvalue weighted by atomic mass is 16.6. The van der Waals surface area contributed by atoms with E-state index in [0.717, 1.165) is 33.0 Å². The number of amides is 3. The van der Waals surface area contributed by atoms with E-state index in [1.807, 2.05) is 112 Å². The van der Waals surface area contributed by atoms with E-state index in [1.165, 1.54) is 0 Å². The first-order valence-corrected chi connectivity index (χ1v) is 15.2. The highest BCUT2D eigenvalue weighted by Crippen LogP contribution is 2.31. The number of carbonyl (C=O) groups is 3. The van der Waals surface area contributed by atoms with Crippen molar-refractivity contribution in [3.63, 3.8) is 0 Å². The minimum atomic E-state index is -0.959. The molecule has 0 bridgehead atoms. The van der Waals surface area contributed by atoms with E-state index in [9.17, 15) is 14.4 Å². The van der Waals surface area contributed by atoms with Crippen molar-refractivity contribution in [2.45, 2.75) is 72.1 Å². The maximum atomic E-state index is 14.6. The fourth-order valence-corrected chi connectivity index (χ4v) is 5.47. The smallest absolute Gasteiger partial charge is 0.408 e. The van der Waals surface area contributed by atoms with E-state index in [1.54, 1.807) is 25.7 Å². The van der Waals surface area contributed by atoms with Crippen LogP contribution in [0.2, 0.25) is 0 Å². The minimum absolute atomic E-state index is 0.241. The van der Waals surface area contributed by atoms with Gasteiger partial charge in [-0.25, -0.2) is 4.79 Å². The average Bonchev–Trinajstić information content (AvgIpc) is 2.97. The van der Waals surface area contributed by atoms with Crippen LogP contribution in [0.25, 0.3) is 10.8 Å². The van der Waals surface area contributed by atoms with E-state index >= 15 is 0 Å². The summed E-state index contributed by atoms with van der Waals surface area (Å²) in [5.41, 5.74) is 3.34. The Bertz CT molecular complexity index is 1590. The Labute approximate surface area is 260 Å². The van der Waals surface area contributed by atoms with Gasteiger partial charge in [0, 0.05) is 18.7 Å². The summed E-state index contributed by atoms with van der Waals surface area (Å²) in [6.45, 7) is 11.5. The first-order valence-electron chi connectivity index (χ1n) is 15.2. The van der Waals surface area contributed by atoms with Crippen LogP contribution in [0.15, 0.2) is 91.0 Å². The number of fused-ring (bicyclic) bond motifs is 1. The zero-order valence-electron chi connectivity index (χ0n) is 26.5. The van der Waals surface area contributed by atoms with Crippen molar-refractivity contribution in [3.8, 4) is 0 Å². The Balaban J connectivity index is 1.76. The van der Waals surface area contributed by atoms with Crippen LogP contribution >= 0.6 is 0 Å². The molecule has 4 rings (SSSR count). The van der Waals surface area contributed by atoms with Crippen LogP contribution in [-0.4, -0.2) is 41.0 Å². The second-order valence-corrected chi connectivity index (χ2v) is 12.2. The molecule has 4 aromatic rings. The van der Waals surface area contributed by atoms with Gasteiger partial charge in [0.1, 0.15) is 17.7 Å². The molecule has 2 unspecified atom stereocenters.